The van der Waals surface area contributed by atoms with Crippen molar-refractivity contribution in [3.63, 3.8) is 0 Å². The normalized spacial score (nSPS) is 12.6. The molecule has 14 aromatic carbocycles. The smallest absolute Gasteiger partial charge is 0.0468 e. The van der Waals surface area contributed by atoms with Crippen LogP contribution in [0.4, 0.5) is 34.1 Å². The number of hydrogen-bond donors (Lipinski definition) is 0. The highest BCUT2D eigenvalue weighted by atomic mass is 15.1. The van der Waals surface area contributed by atoms with Crippen molar-refractivity contribution in [1.29, 1.82) is 0 Å². The van der Waals surface area contributed by atoms with E-state index < -0.39 is 0 Å². The summed E-state index contributed by atoms with van der Waals surface area (Å²) in [7, 11) is 0. The molecule has 0 saturated heterocycles. The van der Waals surface area contributed by atoms with Crippen LogP contribution in [0.25, 0.3) is 98.0 Å². The molecular formula is C78H54N2. The quantitative estimate of drug-likeness (QED) is 0.126. The first-order chi connectivity index (χ1) is 39.6. The van der Waals surface area contributed by atoms with Crippen molar-refractivity contribution in [2.45, 2.75) is 12.8 Å². The van der Waals surface area contributed by atoms with Gasteiger partial charge in [-0.15, -0.1) is 0 Å². The van der Waals surface area contributed by atoms with Gasteiger partial charge in [0.15, 0.2) is 0 Å². The highest BCUT2D eigenvalue weighted by Crippen LogP contribution is 2.49. The molecule has 2 heteroatoms. The number of hydrogen-bond acceptors (Lipinski definition) is 2. The third kappa shape index (κ3) is 8.55. The molecule has 0 saturated carbocycles. The fourth-order valence-corrected chi connectivity index (χ4v) is 12.5. The van der Waals surface area contributed by atoms with Gasteiger partial charge in [-0.2, -0.15) is 0 Å². The predicted octanol–water partition coefficient (Wildman–Crippen LogP) is 22.1. The maximum Gasteiger partial charge on any atom is 0.0468 e. The van der Waals surface area contributed by atoms with E-state index in [1.807, 2.05) is 0 Å². The lowest BCUT2D eigenvalue weighted by molar-refractivity contribution is 1.08. The molecule has 0 aliphatic heterocycles. The molecule has 0 spiro atoms. The molecule has 2 nitrogen and oxygen atoms in total. The molecule has 0 atom stereocenters. The van der Waals surface area contributed by atoms with Gasteiger partial charge in [-0.3, -0.25) is 0 Å². The van der Waals surface area contributed by atoms with Gasteiger partial charge >= 0.3 is 0 Å². The van der Waals surface area contributed by atoms with E-state index in [4.69, 9.17) is 0 Å². The Bertz CT molecular complexity index is 4600. The molecule has 0 radical (unpaired) electrons. The predicted molar refractivity (Wildman–Crippen MR) is 343 cm³/mol. The monoisotopic (exact) mass is 1020 g/mol. The van der Waals surface area contributed by atoms with E-state index in [0.717, 1.165) is 47.0 Å². The Morgan fingerprint density at radius 1 is 0.200 bits per heavy atom. The Morgan fingerprint density at radius 3 is 0.938 bits per heavy atom. The van der Waals surface area contributed by atoms with Crippen molar-refractivity contribution in [1.82, 2.24) is 0 Å². The van der Waals surface area contributed by atoms with Crippen molar-refractivity contribution in [2.75, 3.05) is 9.80 Å². The summed E-state index contributed by atoms with van der Waals surface area (Å²) in [5.41, 5.74) is 16.6. The Balaban J connectivity index is 1.02. The molecule has 0 unspecified atom stereocenters. The Kier molecular flexibility index (Phi) is 11.7. The van der Waals surface area contributed by atoms with Crippen molar-refractivity contribution >= 4 is 110 Å². The van der Waals surface area contributed by atoms with Crippen LogP contribution in [0.5, 0.6) is 0 Å². The van der Waals surface area contributed by atoms with Gasteiger partial charge in [0.2, 0.25) is 0 Å². The lowest BCUT2D eigenvalue weighted by atomic mass is 9.82. The van der Waals surface area contributed by atoms with Crippen LogP contribution in [0.1, 0.15) is 24.0 Å². The SMILES string of the molecule is C1=C(c2ccccc2)CCC(c2c3cc(N(c4ccc5ccccc5c4)c4ccc5ccccc5c4)ccc3c(-c3ccc(-c4ccccc4)cc3)c3cc(N(c4ccc5ccccc5c4)c4ccc5ccccc5c4)ccc23)=C1. The van der Waals surface area contributed by atoms with Gasteiger partial charge in [-0.25, -0.2) is 0 Å². The minimum Gasteiger partial charge on any atom is -0.310 e. The Morgan fingerprint density at radius 2 is 0.512 bits per heavy atom. The van der Waals surface area contributed by atoms with Crippen molar-refractivity contribution in [3.8, 4) is 22.3 Å². The zero-order valence-corrected chi connectivity index (χ0v) is 44.2. The van der Waals surface area contributed by atoms with E-state index in [2.05, 4.69) is 313 Å². The minimum absolute atomic E-state index is 0.904. The summed E-state index contributed by atoms with van der Waals surface area (Å²) in [6.45, 7) is 0. The van der Waals surface area contributed by atoms with Crippen LogP contribution in [0.2, 0.25) is 0 Å². The van der Waals surface area contributed by atoms with Gasteiger partial charge in [-0.05, 0) is 195 Å². The van der Waals surface area contributed by atoms with E-state index >= 15 is 0 Å². The molecule has 1 aliphatic carbocycles. The van der Waals surface area contributed by atoms with Gasteiger partial charge in [0.25, 0.3) is 0 Å². The molecule has 14 aromatic rings. The number of rotatable bonds is 10. The zero-order chi connectivity index (χ0) is 52.9. The molecule has 15 rings (SSSR count). The van der Waals surface area contributed by atoms with E-state index in [1.165, 1.54) is 109 Å². The second kappa shape index (κ2) is 19.9. The standard InChI is InChI=1S/C78H54N2/c1-3-15-53(16-4-1)59-27-31-61(32-28-59)77-73-45-43-72(80(69-41-37-57-21-9-13-25-65(57)49-69)70-42-38-58-22-10-14-26-66(58)50-70)52-76(73)78(62-33-29-60(30-34-62)54-17-5-2-6-18-54)74-46-44-71(51-75(74)77)79(67-39-35-55-19-7-11-23-63(55)47-67)68-40-36-56-20-8-12-24-64(56)48-68/h1-29,31-33,35-52H,30,34H2. The maximum atomic E-state index is 2.48. The van der Waals surface area contributed by atoms with E-state index in [-0.39, 0.29) is 0 Å². The van der Waals surface area contributed by atoms with Gasteiger partial charge in [0.05, 0.1) is 0 Å². The Hall–Kier alpha value is -10.3. The molecular weight excluding hydrogens is 965 g/mol. The van der Waals surface area contributed by atoms with Crippen molar-refractivity contribution in [2.24, 2.45) is 0 Å². The van der Waals surface area contributed by atoms with Crippen LogP contribution < -0.4 is 9.80 Å². The molecule has 0 fully saturated rings. The maximum absolute atomic E-state index is 2.48. The summed E-state index contributed by atoms with van der Waals surface area (Å²) < 4.78 is 0. The number of anilines is 6. The lowest BCUT2D eigenvalue weighted by Gasteiger charge is -2.29. The van der Waals surface area contributed by atoms with Gasteiger partial charge in [-0.1, -0.05) is 231 Å². The summed E-state index contributed by atoms with van der Waals surface area (Å²) >= 11 is 0. The van der Waals surface area contributed by atoms with E-state index in [9.17, 15) is 0 Å². The second-order valence-electron chi connectivity index (χ2n) is 21.2. The summed E-state index contributed by atoms with van der Waals surface area (Å²) in [5.74, 6) is 0. The fraction of sp³-hybridized carbons (Fsp3) is 0.0256. The molecule has 0 heterocycles. The number of benzene rings is 14. The fourth-order valence-electron chi connectivity index (χ4n) is 12.5. The molecule has 1 aliphatic rings. The van der Waals surface area contributed by atoms with Crippen molar-refractivity contribution in [3.05, 3.63) is 314 Å². The number of allylic oxidation sites excluding steroid dienone is 4. The largest absolute Gasteiger partial charge is 0.310 e. The number of fused-ring (bicyclic) bond motifs is 6. The van der Waals surface area contributed by atoms with Gasteiger partial charge in [0.1, 0.15) is 0 Å². The molecule has 376 valence electrons. The van der Waals surface area contributed by atoms with Gasteiger partial charge < -0.3 is 9.80 Å². The second-order valence-corrected chi connectivity index (χ2v) is 21.2. The third-order valence-corrected chi connectivity index (χ3v) is 16.5. The van der Waals surface area contributed by atoms with Crippen LogP contribution in [0.15, 0.2) is 303 Å². The van der Waals surface area contributed by atoms with Crippen LogP contribution in [-0.4, -0.2) is 0 Å². The zero-order valence-electron chi connectivity index (χ0n) is 44.2. The Labute approximate surface area is 466 Å². The third-order valence-electron chi connectivity index (χ3n) is 16.5. The highest BCUT2D eigenvalue weighted by Gasteiger charge is 2.25. The topological polar surface area (TPSA) is 6.48 Å². The first-order valence-corrected chi connectivity index (χ1v) is 27.8. The highest BCUT2D eigenvalue weighted by molar-refractivity contribution is 6.20. The summed E-state index contributed by atoms with van der Waals surface area (Å²) in [6.07, 6.45) is 6.63. The van der Waals surface area contributed by atoms with Crippen LogP contribution in [0.3, 0.4) is 0 Å². The molecule has 0 bridgehead atoms. The van der Waals surface area contributed by atoms with Crippen LogP contribution >= 0.6 is 0 Å². The average Bonchev–Trinajstić information content (AvgIpc) is 3.55. The molecule has 0 N–H and O–H groups in total. The average molecular weight is 1020 g/mol. The number of nitrogens with zero attached hydrogens (tertiary/aromatic N) is 2. The van der Waals surface area contributed by atoms with E-state index in [0.29, 0.717) is 0 Å². The first-order valence-electron chi connectivity index (χ1n) is 27.8. The first kappa shape index (κ1) is 47.0. The van der Waals surface area contributed by atoms with Crippen LogP contribution in [-0.2, 0) is 0 Å². The molecule has 80 heavy (non-hydrogen) atoms. The summed E-state index contributed by atoms with van der Waals surface area (Å²) in [5, 5.41) is 14.5. The molecule has 0 amide bonds. The van der Waals surface area contributed by atoms with E-state index in [1.54, 1.807) is 0 Å². The summed E-state index contributed by atoms with van der Waals surface area (Å²) in [4.78, 5) is 4.91. The lowest BCUT2D eigenvalue weighted by Crippen LogP contribution is -2.11. The minimum atomic E-state index is 0.904. The van der Waals surface area contributed by atoms with Crippen LogP contribution in [0, 0.1) is 0 Å². The molecule has 0 aromatic heterocycles. The van der Waals surface area contributed by atoms with Crippen molar-refractivity contribution < 1.29 is 0 Å². The summed E-state index contributed by atoms with van der Waals surface area (Å²) in [6, 6.07) is 108. The van der Waals surface area contributed by atoms with Gasteiger partial charge in [0, 0.05) is 34.1 Å².